The van der Waals surface area contributed by atoms with Crippen LogP contribution >= 0.6 is 0 Å². The fourth-order valence-electron chi connectivity index (χ4n) is 1.49. The summed E-state index contributed by atoms with van der Waals surface area (Å²) in [4.78, 5) is 0. The molecule has 2 N–H and O–H groups in total. The summed E-state index contributed by atoms with van der Waals surface area (Å²) in [7, 11) is 1.93. The molecule has 1 aromatic rings. The SMILES string of the molecule is CCC(CCO)CNCc1nncn1C. The Kier molecular flexibility index (Phi) is 5.28. The second-order valence-corrected chi connectivity index (χ2v) is 3.78. The minimum atomic E-state index is 0.268. The average Bonchev–Trinajstić information content (AvgIpc) is 2.63. The Morgan fingerprint density at radius 3 is 2.93 bits per heavy atom. The number of aliphatic hydroxyl groups is 1. The predicted molar refractivity (Wildman–Crippen MR) is 58.2 cm³/mol. The summed E-state index contributed by atoms with van der Waals surface area (Å²) in [6, 6.07) is 0. The van der Waals surface area contributed by atoms with Crippen LogP contribution in [-0.4, -0.2) is 33.0 Å². The molecule has 0 aliphatic carbocycles. The number of hydrogen-bond donors (Lipinski definition) is 2. The first-order valence-corrected chi connectivity index (χ1v) is 5.42. The van der Waals surface area contributed by atoms with Crippen LogP contribution < -0.4 is 5.32 Å². The van der Waals surface area contributed by atoms with Gasteiger partial charge in [-0.3, -0.25) is 0 Å². The van der Waals surface area contributed by atoms with Gasteiger partial charge in [0.1, 0.15) is 12.2 Å². The molecule has 0 fully saturated rings. The Morgan fingerprint density at radius 1 is 1.60 bits per heavy atom. The highest BCUT2D eigenvalue weighted by Gasteiger charge is 2.06. The standard InChI is InChI=1S/C10H20N4O/c1-3-9(4-5-15)6-11-7-10-13-12-8-14(10)2/h8-9,11,15H,3-7H2,1-2H3. The van der Waals surface area contributed by atoms with Crippen LogP contribution in [0.25, 0.3) is 0 Å². The minimum absolute atomic E-state index is 0.268. The summed E-state index contributed by atoms with van der Waals surface area (Å²) in [6.07, 6.45) is 3.65. The van der Waals surface area contributed by atoms with Gasteiger partial charge in [0.05, 0.1) is 6.54 Å². The number of aromatic nitrogens is 3. The highest BCUT2D eigenvalue weighted by atomic mass is 16.3. The number of nitrogens with one attached hydrogen (secondary N) is 1. The molecule has 1 atom stereocenters. The van der Waals surface area contributed by atoms with Crippen molar-refractivity contribution in [2.45, 2.75) is 26.3 Å². The highest BCUT2D eigenvalue weighted by Crippen LogP contribution is 2.05. The molecule has 1 unspecified atom stereocenters. The molecule has 1 heterocycles. The summed E-state index contributed by atoms with van der Waals surface area (Å²) in [5.41, 5.74) is 0. The number of aryl methyl sites for hydroxylation is 1. The Bertz CT molecular complexity index is 274. The van der Waals surface area contributed by atoms with E-state index >= 15 is 0 Å². The molecule has 0 aliphatic rings. The molecule has 0 radical (unpaired) electrons. The molecule has 1 rings (SSSR count). The molecule has 0 saturated heterocycles. The van der Waals surface area contributed by atoms with Crippen molar-refractivity contribution in [3.05, 3.63) is 12.2 Å². The van der Waals surface area contributed by atoms with Crippen LogP contribution in [0.3, 0.4) is 0 Å². The second kappa shape index (κ2) is 6.53. The van der Waals surface area contributed by atoms with Gasteiger partial charge in [0.2, 0.25) is 0 Å². The van der Waals surface area contributed by atoms with Crippen LogP contribution in [0, 0.1) is 5.92 Å². The van der Waals surface area contributed by atoms with Crippen LogP contribution in [-0.2, 0) is 13.6 Å². The molecule has 0 aliphatic heterocycles. The van der Waals surface area contributed by atoms with Crippen LogP contribution in [0.2, 0.25) is 0 Å². The molecule has 0 aromatic carbocycles. The summed E-state index contributed by atoms with van der Waals surface area (Å²) in [5, 5.41) is 20.0. The van der Waals surface area contributed by atoms with Crippen molar-refractivity contribution in [3.8, 4) is 0 Å². The van der Waals surface area contributed by atoms with E-state index in [1.54, 1.807) is 6.33 Å². The first kappa shape index (κ1) is 12.1. The third kappa shape index (κ3) is 3.97. The second-order valence-electron chi connectivity index (χ2n) is 3.78. The van der Waals surface area contributed by atoms with Crippen molar-refractivity contribution in [1.29, 1.82) is 0 Å². The van der Waals surface area contributed by atoms with Gasteiger partial charge in [-0.15, -0.1) is 10.2 Å². The van der Waals surface area contributed by atoms with E-state index in [9.17, 15) is 0 Å². The zero-order chi connectivity index (χ0) is 11.1. The predicted octanol–water partition coefficient (Wildman–Crippen LogP) is 0.313. The maximum Gasteiger partial charge on any atom is 0.146 e. The summed E-state index contributed by atoms with van der Waals surface area (Å²) >= 11 is 0. The van der Waals surface area contributed by atoms with Gasteiger partial charge in [-0.1, -0.05) is 13.3 Å². The van der Waals surface area contributed by atoms with E-state index in [2.05, 4.69) is 22.4 Å². The molecular weight excluding hydrogens is 192 g/mol. The zero-order valence-electron chi connectivity index (χ0n) is 9.48. The minimum Gasteiger partial charge on any atom is -0.396 e. The fraction of sp³-hybridized carbons (Fsp3) is 0.800. The first-order chi connectivity index (χ1) is 7.27. The Balaban J connectivity index is 2.23. The lowest BCUT2D eigenvalue weighted by atomic mass is 10.0. The maximum atomic E-state index is 8.84. The molecule has 0 bridgehead atoms. The number of aliphatic hydroxyl groups excluding tert-OH is 1. The van der Waals surface area contributed by atoms with E-state index in [0.29, 0.717) is 5.92 Å². The third-order valence-corrected chi connectivity index (χ3v) is 2.64. The van der Waals surface area contributed by atoms with Crippen molar-refractivity contribution < 1.29 is 5.11 Å². The molecular formula is C10H20N4O. The van der Waals surface area contributed by atoms with Crippen LogP contribution in [0.4, 0.5) is 0 Å². The van der Waals surface area contributed by atoms with Crippen molar-refractivity contribution in [2.75, 3.05) is 13.2 Å². The summed E-state index contributed by atoms with van der Waals surface area (Å²) < 4.78 is 1.90. The van der Waals surface area contributed by atoms with Gasteiger partial charge in [0.25, 0.3) is 0 Å². The van der Waals surface area contributed by atoms with Crippen molar-refractivity contribution >= 4 is 0 Å². The quantitative estimate of drug-likeness (QED) is 0.683. The largest absolute Gasteiger partial charge is 0.396 e. The molecule has 0 spiro atoms. The molecule has 5 heteroatoms. The highest BCUT2D eigenvalue weighted by molar-refractivity contribution is 4.83. The van der Waals surface area contributed by atoms with Crippen molar-refractivity contribution in [1.82, 2.24) is 20.1 Å². The van der Waals surface area contributed by atoms with Gasteiger partial charge in [-0.25, -0.2) is 0 Å². The van der Waals surface area contributed by atoms with Gasteiger partial charge in [-0.2, -0.15) is 0 Å². The Hall–Kier alpha value is -0.940. The van der Waals surface area contributed by atoms with E-state index < -0.39 is 0 Å². The van der Waals surface area contributed by atoms with Crippen LogP contribution in [0.5, 0.6) is 0 Å². The third-order valence-electron chi connectivity index (χ3n) is 2.64. The van der Waals surface area contributed by atoms with Gasteiger partial charge in [0, 0.05) is 13.7 Å². The van der Waals surface area contributed by atoms with Crippen molar-refractivity contribution in [3.63, 3.8) is 0 Å². The summed E-state index contributed by atoms with van der Waals surface area (Å²) in [5.74, 6) is 1.48. The van der Waals surface area contributed by atoms with Crippen LogP contribution in [0.1, 0.15) is 25.6 Å². The number of hydrogen-bond acceptors (Lipinski definition) is 4. The van der Waals surface area contributed by atoms with E-state index in [-0.39, 0.29) is 6.61 Å². The normalized spacial score (nSPS) is 13.0. The maximum absolute atomic E-state index is 8.84. The average molecular weight is 212 g/mol. The van der Waals surface area contributed by atoms with E-state index in [1.165, 1.54) is 0 Å². The lowest BCUT2D eigenvalue weighted by Crippen LogP contribution is -2.24. The Labute approximate surface area is 90.5 Å². The topological polar surface area (TPSA) is 63.0 Å². The number of nitrogens with zero attached hydrogens (tertiary/aromatic N) is 3. The van der Waals surface area contributed by atoms with E-state index in [0.717, 1.165) is 31.8 Å². The molecule has 86 valence electrons. The van der Waals surface area contributed by atoms with Gasteiger partial charge < -0.3 is 15.0 Å². The van der Waals surface area contributed by atoms with Crippen LogP contribution in [0.15, 0.2) is 6.33 Å². The molecule has 15 heavy (non-hydrogen) atoms. The van der Waals surface area contributed by atoms with Crippen molar-refractivity contribution in [2.24, 2.45) is 13.0 Å². The zero-order valence-corrected chi connectivity index (χ0v) is 9.48. The van der Waals surface area contributed by atoms with E-state index in [1.807, 2.05) is 11.6 Å². The van der Waals surface area contributed by atoms with Gasteiger partial charge >= 0.3 is 0 Å². The number of rotatable bonds is 7. The summed E-state index contributed by atoms with van der Waals surface area (Å²) in [6.45, 7) is 4.07. The van der Waals surface area contributed by atoms with Gasteiger partial charge in [-0.05, 0) is 18.9 Å². The van der Waals surface area contributed by atoms with Gasteiger partial charge in [0.15, 0.2) is 0 Å². The lowest BCUT2D eigenvalue weighted by Gasteiger charge is -2.13. The molecule has 0 saturated carbocycles. The first-order valence-electron chi connectivity index (χ1n) is 5.42. The molecule has 0 amide bonds. The monoisotopic (exact) mass is 212 g/mol. The molecule has 5 nitrogen and oxygen atoms in total. The molecule has 1 aromatic heterocycles. The fourth-order valence-corrected chi connectivity index (χ4v) is 1.49. The smallest absolute Gasteiger partial charge is 0.146 e. The lowest BCUT2D eigenvalue weighted by molar-refractivity contribution is 0.251. The van der Waals surface area contributed by atoms with E-state index in [4.69, 9.17) is 5.11 Å². The Morgan fingerprint density at radius 2 is 2.40 bits per heavy atom.